The monoisotopic (exact) mass is 259 g/mol. The van der Waals surface area contributed by atoms with Crippen molar-refractivity contribution < 1.29 is 13.2 Å². The van der Waals surface area contributed by atoms with E-state index in [1.54, 1.807) is 6.07 Å². The van der Waals surface area contributed by atoms with E-state index >= 15 is 0 Å². The third-order valence-electron chi connectivity index (χ3n) is 2.75. The van der Waals surface area contributed by atoms with Gasteiger partial charge in [-0.05, 0) is 36.5 Å². The van der Waals surface area contributed by atoms with E-state index in [2.05, 4.69) is 26.1 Å². The van der Waals surface area contributed by atoms with E-state index < -0.39 is 11.7 Å². The van der Waals surface area contributed by atoms with Crippen LogP contribution in [-0.4, -0.2) is 6.54 Å². The van der Waals surface area contributed by atoms with Crippen LogP contribution < -0.4 is 5.32 Å². The second-order valence-electron chi connectivity index (χ2n) is 5.76. The Kier molecular flexibility index (Phi) is 4.30. The maximum atomic E-state index is 12.7. The first-order valence-electron chi connectivity index (χ1n) is 6.01. The summed E-state index contributed by atoms with van der Waals surface area (Å²) in [7, 11) is 0. The quantitative estimate of drug-likeness (QED) is 0.817. The Morgan fingerprint density at radius 1 is 1.11 bits per heavy atom. The molecule has 0 aliphatic heterocycles. The molecule has 0 atom stereocenters. The molecule has 0 saturated heterocycles. The van der Waals surface area contributed by atoms with Gasteiger partial charge in [0, 0.05) is 12.2 Å². The third-order valence-corrected chi connectivity index (χ3v) is 2.75. The zero-order valence-electron chi connectivity index (χ0n) is 11.3. The van der Waals surface area contributed by atoms with E-state index in [0.29, 0.717) is 12.2 Å². The lowest BCUT2D eigenvalue weighted by Gasteiger charge is -2.19. The second kappa shape index (κ2) is 5.21. The van der Waals surface area contributed by atoms with Crippen molar-refractivity contribution in [1.29, 1.82) is 0 Å². The van der Waals surface area contributed by atoms with Crippen LogP contribution in [0.25, 0.3) is 0 Å². The Morgan fingerprint density at radius 2 is 1.72 bits per heavy atom. The minimum atomic E-state index is -4.29. The Morgan fingerprint density at radius 3 is 2.22 bits per heavy atom. The predicted octanol–water partition coefficient (Wildman–Crippen LogP) is 4.86. The van der Waals surface area contributed by atoms with E-state index in [4.69, 9.17) is 0 Å². The SMILES string of the molecule is Cc1ccc(NCCC(C)(C)C)cc1C(F)(F)F. The van der Waals surface area contributed by atoms with Gasteiger partial charge in [0.2, 0.25) is 0 Å². The fraction of sp³-hybridized carbons (Fsp3) is 0.571. The Balaban J connectivity index is 2.74. The molecule has 0 amide bonds. The lowest BCUT2D eigenvalue weighted by atomic mass is 9.92. The first-order chi connectivity index (χ1) is 8.09. The first-order valence-corrected chi connectivity index (χ1v) is 6.01. The van der Waals surface area contributed by atoms with Gasteiger partial charge in [0.05, 0.1) is 5.56 Å². The van der Waals surface area contributed by atoms with Crippen LogP contribution in [0.1, 0.15) is 38.3 Å². The fourth-order valence-electron chi connectivity index (χ4n) is 1.62. The number of alkyl halides is 3. The normalized spacial score (nSPS) is 12.6. The molecule has 0 unspecified atom stereocenters. The maximum Gasteiger partial charge on any atom is 0.416 e. The lowest BCUT2D eigenvalue weighted by Crippen LogP contribution is -2.14. The summed E-state index contributed by atoms with van der Waals surface area (Å²) in [5.41, 5.74) is 0.384. The van der Waals surface area contributed by atoms with Gasteiger partial charge >= 0.3 is 6.18 Å². The van der Waals surface area contributed by atoms with Crippen molar-refractivity contribution in [2.24, 2.45) is 5.41 Å². The number of nitrogens with one attached hydrogen (secondary N) is 1. The summed E-state index contributed by atoms with van der Waals surface area (Å²) in [6.07, 6.45) is -3.38. The standard InChI is InChI=1S/C14H20F3N/c1-10-5-6-11(9-12(10)14(15,16)17)18-8-7-13(2,3)4/h5-6,9,18H,7-8H2,1-4H3. The number of hydrogen-bond acceptors (Lipinski definition) is 1. The molecule has 0 aliphatic rings. The van der Waals surface area contributed by atoms with Gasteiger partial charge in [0.1, 0.15) is 0 Å². The highest BCUT2D eigenvalue weighted by Gasteiger charge is 2.32. The minimum absolute atomic E-state index is 0.171. The largest absolute Gasteiger partial charge is 0.416 e. The molecule has 0 fully saturated rings. The highest BCUT2D eigenvalue weighted by atomic mass is 19.4. The Hall–Kier alpha value is -1.19. The van der Waals surface area contributed by atoms with Crippen molar-refractivity contribution in [3.8, 4) is 0 Å². The van der Waals surface area contributed by atoms with E-state index in [1.807, 2.05) is 0 Å². The molecule has 102 valence electrons. The molecule has 0 heterocycles. The zero-order valence-corrected chi connectivity index (χ0v) is 11.3. The number of halogens is 3. The highest BCUT2D eigenvalue weighted by molar-refractivity contribution is 5.49. The fourth-order valence-corrected chi connectivity index (χ4v) is 1.62. The van der Waals surface area contributed by atoms with Crippen molar-refractivity contribution in [3.63, 3.8) is 0 Å². The predicted molar refractivity (Wildman–Crippen MR) is 68.7 cm³/mol. The molecule has 4 heteroatoms. The van der Waals surface area contributed by atoms with Crippen LogP contribution >= 0.6 is 0 Å². The maximum absolute atomic E-state index is 12.7. The number of anilines is 1. The second-order valence-corrected chi connectivity index (χ2v) is 5.76. The van der Waals surface area contributed by atoms with Crippen LogP contribution in [0.5, 0.6) is 0 Å². The van der Waals surface area contributed by atoms with Crippen LogP contribution in [0.15, 0.2) is 18.2 Å². The molecule has 0 bridgehead atoms. The van der Waals surface area contributed by atoms with Crippen molar-refractivity contribution in [2.75, 3.05) is 11.9 Å². The van der Waals surface area contributed by atoms with Crippen molar-refractivity contribution in [1.82, 2.24) is 0 Å². The van der Waals surface area contributed by atoms with Gasteiger partial charge in [0.25, 0.3) is 0 Å². The average molecular weight is 259 g/mol. The molecule has 1 N–H and O–H groups in total. The van der Waals surface area contributed by atoms with Gasteiger partial charge in [-0.2, -0.15) is 13.2 Å². The van der Waals surface area contributed by atoms with E-state index in [-0.39, 0.29) is 11.0 Å². The van der Waals surface area contributed by atoms with E-state index in [0.717, 1.165) is 6.42 Å². The highest BCUT2D eigenvalue weighted by Crippen LogP contribution is 2.33. The molecule has 18 heavy (non-hydrogen) atoms. The summed E-state index contributed by atoms with van der Waals surface area (Å²) in [5, 5.41) is 3.04. The molecule has 0 aliphatic carbocycles. The third kappa shape index (κ3) is 4.59. The molecule has 1 nitrogen and oxygen atoms in total. The molecule has 0 radical (unpaired) electrons. The summed E-state index contributed by atoms with van der Waals surface area (Å²) in [6.45, 7) is 8.45. The van der Waals surface area contributed by atoms with Crippen LogP contribution in [0, 0.1) is 12.3 Å². The van der Waals surface area contributed by atoms with Gasteiger partial charge in [-0.1, -0.05) is 26.8 Å². The van der Waals surface area contributed by atoms with Gasteiger partial charge in [-0.15, -0.1) is 0 Å². The van der Waals surface area contributed by atoms with Crippen molar-refractivity contribution in [3.05, 3.63) is 29.3 Å². The molecular weight excluding hydrogens is 239 g/mol. The van der Waals surface area contributed by atoms with Crippen LogP contribution in [-0.2, 0) is 6.18 Å². The first kappa shape index (κ1) is 14.9. The molecule has 1 aromatic rings. The van der Waals surface area contributed by atoms with Crippen LogP contribution in [0.3, 0.4) is 0 Å². The zero-order chi connectivity index (χ0) is 14.0. The topological polar surface area (TPSA) is 12.0 Å². The smallest absolute Gasteiger partial charge is 0.385 e. The number of aryl methyl sites for hydroxylation is 1. The van der Waals surface area contributed by atoms with E-state index in [9.17, 15) is 13.2 Å². The van der Waals surface area contributed by atoms with Gasteiger partial charge < -0.3 is 5.32 Å². The molecule has 0 spiro atoms. The van der Waals surface area contributed by atoms with Crippen LogP contribution in [0.4, 0.5) is 18.9 Å². The van der Waals surface area contributed by atoms with E-state index in [1.165, 1.54) is 19.1 Å². The number of benzene rings is 1. The van der Waals surface area contributed by atoms with Crippen molar-refractivity contribution in [2.45, 2.75) is 40.3 Å². The summed E-state index contributed by atoms with van der Waals surface area (Å²) in [4.78, 5) is 0. The number of rotatable bonds is 3. The van der Waals surface area contributed by atoms with Crippen molar-refractivity contribution >= 4 is 5.69 Å². The van der Waals surface area contributed by atoms with Gasteiger partial charge in [-0.3, -0.25) is 0 Å². The van der Waals surface area contributed by atoms with Crippen LogP contribution in [0.2, 0.25) is 0 Å². The van der Waals surface area contributed by atoms with Gasteiger partial charge in [0.15, 0.2) is 0 Å². The van der Waals surface area contributed by atoms with Gasteiger partial charge in [-0.25, -0.2) is 0 Å². The minimum Gasteiger partial charge on any atom is -0.385 e. The summed E-state index contributed by atoms with van der Waals surface area (Å²) in [5.74, 6) is 0. The summed E-state index contributed by atoms with van der Waals surface area (Å²) in [6, 6.07) is 4.37. The average Bonchev–Trinajstić information content (AvgIpc) is 2.17. The molecule has 0 saturated carbocycles. The Bertz CT molecular complexity index is 402. The molecule has 0 aromatic heterocycles. The lowest BCUT2D eigenvalue weighted by molar-refractivity contribution is -0.138. The summed E-state index contributed by atoms with van der Waals surface area (Å²) < 4.78 is 38.1. The summed E-state index contributed by atoms with van der Waals surface area (Å²) >= 11 is 0. The molecule has 1 aromatic carbocycles. The number of hydrogen-bond donors (Lipinski definition) is 1. The Labute approximate surface area is 106 Å². The molecular formula is C14H20F3N. The molecule has 1 rings (SSSR count).